The van der Waals surface area contributed by atoms with E-state index in [1.54, 1.807) is 4.90 Å². The minimum Gasteiger partial charge on any atom is -0.339 e. The number of pyridine rings is 1. The average molecular weight is 353 g/mol. The number of benzene rings is 2. The molecule has 0 saturated heterocycles. The van der Waals surface area contributed by atoms with Crippen LogP contribution in [0.25, 0.3) is 22.2 Å². The van der Waals surface area contributed by atoms with Gasteiger partial charge in [-0.05, 0) is 31.5 Å². The molecule has 1 unspecified atom stereocenters. The fourth-order valence-corrected chi connectivity index (χ4v) is 3.06. The molecular weight excluding hydrogens is 332 g/mol. The number of amides is 1. The molecule has 128 valence electrons. The summed E-state index contributed by atoms with van der Waals surface area (Å²) in [5.74, 6) is 0.00116. The summed E-state index contributed by atoms with van der Waals surface area (Å²) in [4.78, 5) is 19.6. The molecule has 0 spiro atoms. The van der Waals surface area contributed by atoms with E-state index < -0.39 is 0 Å². The van der Waals surface area contributed by atoms with Crippen LogP contribution in [0.2, 0.25) is 5.02 Å². The Hall–Kier alpha value is -2.39. The maximum Gasteiger partial charge on any atom is 0.254 e. The Balaban J connectivity index is 2.20. The zero-order valence-corrected chi connectivity index (χ0v) is 15.4. The minimum absolute atomic E-state index is 0.00116. The zero-order chi connectivity index (χ0) is 18.0. The number of hydrogen-bond donors (Lipinski definition) is 0. The van der Waals surface area contributed by atoms with E-state index in [0.29, 0.717) is 16.3 Å². The van der Waals surface area contributed by atoms with Gasteiger partial charge in [-0.25, -0.2) is 4.98 Å². The van der Waals surface area contributed by atoms with E-state index in [1.807, 2.05) is 61.6 Å². The van der Waals surface area contributed by atoms with Gasteiger partial charge in [0.1, 0.15) is 0 Å². The van der Waals surface area contributed by atoms with Gasteiger partial charge in [-0.15, -0.1) is 0 Å². The predicted octanol–water partition coefficient (Wildman–Crippen LogP) is 5.43. The number of halogens is 1. The molecule has 1 amide bonds. The third-order valence-corrected chi connectivity index (χ3v) is 5.00. The quantitative estimate of drug-likeness (QED) is 0.627. The summed E-state index contributed by atoms with van der Waals surface area (Å²) in [6.45, 7) is 4.13. The fraction of sp³-hybridized carbons (Fsp3) is 0.238. The molecule has 4 heteroatoms. The third-order valence-electron chi connectivity index (χ3n) is 4.67. The first kappa shape index (κ1) is 17.4. The van der Waals surface area contributed by atoms with Gasteiger partial charge in [0, 0.05) is 29.1 Å². The van der Waals surface area contributed by atoms with Crippen LogP contribution < -0.4 is 0 Å². The van der Waals surface area contributed by atoms with E-state index in [4.69, 9.17) is 16.6 Å². The molecule has 0 radical (unpaired) electrons. The second-order valence-electron chi connectivity index (χ2n) is 6.23. The maximum absolute atomic E-state index is 13.1. The molecule has 0 aliphatic carbocycles. The summed E-state index contributed by atoms with van der Waals surface area (Å²) in [7, 11) is 1.85. The van der Waals surface area contributed by atoms with E-state index >= 15 is 0 Å². The summed E-state index contributed by atoms with van der Waals surface area (Å²) in [6, 6.07) is 17.3. The Labute approximate surface area is 153 Å². The number of carbonyl (C=O) groups is 1. The smallest absolute Gasteiger partial charge is 0.254 e. The summed E-state index contributed by atoms with van der Waals surface area (Å²) in [5, 5.41) is 1.48. The van der Waals surface area contributed by atoms with Crippen molar-refractivity contribution in [3.05, 3.63) is 65.2 Å². The third kappa shape index (κ3) is 3.38. The molecule has 1 heterocycles. The Morgan fingerprint density at radius 3 is 2.56 bits per heavy atom. The molecule has 0 aliphatic heterocycles. The number of aromatic nitrogens is 1. The highest BCUT2D eigenvalue weighted by atomic mass is 35.5. The number of carbonyl (C=O) groups excluding carboxylic acids is 1. The summed E-state index contributed by atoms with van der Waals surface area (Å²) < 4.78 is 0. The van der Waals surface area contributed by atoms with Crippen LogP contribution in [0.4, 0.5) is 0 Å². The lowest BCUT2D eigenvalue weighted by Crippen LogP contribution is -2.34. The molecule has 3 rings (SSSR count). The topological polar surface area (TPSA) is 33.2 Å². The summed E-state index contributed by atoms with van der Waals surface area (Å²) >= 11 is 6.34. The predicted molar refractivity (Wildman–Crippen MR) is 104 cm³/mol. The minimum atomic E-state index is 0.00116. The van der Waals surface area contributed by atoms with Gasteiger partial charge in [-0.1, -0.05) is 54.9 Å². The van der Waals surface area contributed by atoms with Crippen molar-refractivity contribution in [2.24, 2.45) is 0 Å². The van der Waals surface area contributed by atoms with Gasteiger partial charge in [-0.3, -0.25) is 4.79 Å². The van der Waals surface area contributed by atoms with Gasteiger partial charge < -0.3 is 4.90 Å². The van der Waals surface area contributed by atoms with Crippen LogP contribution in [-0.2, 0) is 0 Å². The molecule has 0 bridgehead atoms. The highest BCUT2D eigenvalue weighted by Gasteiger charge is 2.20. The van der Waals surface area contributed by atoms with Gasteiger partial charge in [0.25, 0.3) is 5.91 Å². The normalized spacial score (nSPS) is 12.2. The number of nitrogens with zero attached hydrogens (tertiary/aromatic N) is 2. The Morgan fingerprint density at radius 1 is 1.16 bits per heavy atom. The highest BCUT2D eigenvalue weighted by molar-refractivity contribution is 6.33. The maximum atomic E-state index is 13.1. The summed E-state index contributed by atoms with van der Waals surface area (Å²) in [6.07, 6.45) is 0.905. The first-order chi connectivity index (χ1) is 12.0. The van der Waals surface area contributed by atoms with E-state index in [-0.39, 0.29) is 11.9 Å². The second-order valence-corrected chi connectivity index (χ2v) is 6.63. The zero-order valence-electron chi connectivity index (χ0n) is 14.7. The van der Waals surface area contributed by atoms with Crippen LogP contribution in [0.5, 0.6) is 0 Å². The molecule has 25 heavy (non-hydrogen) atoms. The largest absolute Gasteiger partial charge is 0.339 e. The Morgan fingerprint density at radius 2 is 1.84 bits per heavy atom. The lowest BCUT2D eigenvalue weighted by molar-refractivity contribution is 0.0742. The summed E-state index contributed by atoms with van der Waals surface area (Å²) in [5.41, 5.74) is 2.99. The first-order valence-corrected chi connectivity index (χ1v) is 8.82. The number of rotatable bonds is 4. The molecule has 3 nitrogen and oxygen atoms in total. The van der Waals surface area contributed by atoms with Crippen LogP contribution in [0.3, 0.4) is 0 Å². The molecule has 2 aromatic carbocycles. The fourth-order valence-electron chi connectivity index (χ4n) is 2.82. The highest BCUT2D eigenvalue weighted by Crippen LogP contribution is 2.30. The van der Waals surface area contributed by atoms with Crippen molar-refractivity contribution in [2.75, 3.05) is 7.05 Å². The Kier molecular flexibility index (Phi) is 5.05. The molecule has 3 aromatic rings. The molecule has 0 N–H and O–H groups in total. The van der Waals surface area contributed by atoms with Crippen molar-refractivity contribution in [3.63, 3.8) is 0 Å². The molecule has 0 saturated carbocycles. The standard InChI is InChI=1S/C21H21ClN2O/c1-4-14(2)24(3)21(25)17-13-20(16-10-5-7-11-18(16)22)23-19-12-8-6-9-15(17)19/h5-14H,4H2,1-3H3. The van der Waals surface area contributed by atoms with Gasteiger partial charge in [0.05, 0.1) is 16.8 Å². The van der Waals surface area contributed by atoms with Crippen molar-refractivity contribution in [3.8, 4) is 11.3 Å². The number of para-hydroxylation sites is 1. The Bertz CT molecular complexity index is 923. The van der Waals surface area contributed by atoms with Crippen LogP contribution in [0.15, 0.2) is 54.6 Å². The molecule has 1 aromatic heterocycles. The number of hydrogen-bond acceptors (Lipinski definition) is 2. The molecule has 1 atom stereocenters. The van der Waals surface area contributed by atoms with Gasteiger partial charge in [0.15, 0.2) is 0 Å². The monoisotopic (exact) mass is 352 g/mol. The van der Waals surface area contributed by atoms with Gasteiger partial charge in [-0.2, -0.15) is 0 Å². The molecular formula is C21H21ClN2O. The average Bonchev–Trinajstić information content (AvgIpc) is 2.65. The second kappa shape index (κ2) is 7.24. The lowest BCUT2D eigenvalue weighted by Gasteiger charge is -2.24. The lowest BCUT2D eigenvalue weighted by atomic mass is 10.0. The van der Waals surface area contributed by atoms with Gasteiger partial charge in [0.2, 0.25) is 0 Å². The van der Waals surface area contributed by atoms with Crippen LogP contribution in [0.1, 0.15) is 30.6 Å². The number of fused-ring (bicyclic) bond motifs is 1. The van der Waals surface area contributed by atoms with Gasteiger partial charge >= 0.3 is 0 Å². The van der Waals surface area contributed by atoms with Crippen molar-refractivity contribution in [2.45, 2.75) is 26.3 Å². The van der Waals surface area contributed by atoms with E-state index in [1.165, 1.54) is 0 Å². The van der Waals surface area contributed by atoms with Crippen LogP contribution in [0, 0.1) is 0 Å². The van der Waals surface area contributed by atoms with E-state index in [9.17, 15) is 4.79 Å². The van der Waals surface area contributed by atoms with Crippen LogP contribution >= 0.6 is 11.6 Å². The van der Waals surface area contributed by atoms with E-state index in [2.05, 4.69) is 13.8 Å². The molecule has 0 fully saturated rings. The van der Waals surface area contributed by atoms with Crippen molar-refractivity contribution in [1.82, 2.24) is 9.88 Å². The van der Waals surface area contributed by atoms with Crippen molar-refractivity contribution in [1.29, 1.82) is 0 Å². The molecule has 0 aliphatic rings. The van der Waals surface area contributed by atoms with Crippen LogP contribution in [-0.4, -0.2) is 28.9 Å². The van der Waals surface area contributed by atoms with Crippen molar-refractivity contribution < 1.29 is 4.79 Å². The first-order valence-electron chi connectivity index (χ1n) is 8.44. The van der Waals surface area contributed by atoms with Crippen molar-refractivity contribution >= 4 is 28.4 Å². The van der Waals surface area contributed by atoms with E-state index in [0.717, 1.165) is 22.9 Å². The SMILES string of the molecule is CCC(C)N(C)C(=O)c1cc(-c2ccccc2Cl)nc2ccccc12.